The van der Waals surface area contributed by atoms with Crippen LogP contribution in [-0.2, 0) is 11.2 Å². The maximum Gasteiger partial charge on any atom is 0.253 e. The van der Waals surface area contributed by atoms with E-state index in [0.29, 0.717) is 25.2 Å². The molecule has 1 aromatic heterocycles. The molecule has 0 N–H and O–H groups in total. The van der Waals surface area contributed by atoms with Gasteiger partial charge in [0.15, 0.2) is 0 Å². The predicted octanol–water partition coefficient (Wildman–Crippen LogP) is 1.95. The highest BCUT2D eigenvalue weighted by molar-refractivity contribution is 5.98. The van der Waals surface area contributed by atoms with Crippen LogP contribution in [0.15, 0.2) is 42.7 Å². The Morgan fingerprint density at radius 2 is 1.69 bits per heavy atom. The van der Waals surface area contributed by atoms with Crippen molar-refractivity contribution < 1.29 is 9.59 Å². The van der Waals surface area contributed by atoms with Crippen molar-refractivity contribution in [3.05, 3.63) is 53.9 Å². The Kier molecular flexibility index (Phi) is 4.32. The van der Waals surface area contributed by atoms with E-state index in [1.165, 1.54) is 0 Å². The molecule has 1 fully saturated rings. The molecule has 0 saturated carbocycles. The first kappa shape index (κ1) is 16.6. The average molecular weight is 350 g/mol. The van der Waals surface area contributed by atoms with Gasteiger partial charge in [-0.2, -0.15) is 0 Å². The largest absolute Gasteiger partial charge is 0.368 e. The first-order chi connectivity index (χ1) is 12.6. The summed E-state index contributed by atoms with van der Waals surface area (Å²) in [4.78, 5) is 34.6. The van der Waals surface area contributed by atoms with Crippen LogP contribution < -0.4 is 9.80 Å². The van der Waals surface area contributed by atoms with Crippen molar-refractivity contribution in [2.45, 2.75) is 13.3 Å². The first-order valence-electron chi connectivity index (χ1n) is 8.99. The highest BCUT2D eigenvalue weighted by Gasteiger charge is 2.26. The summed E-state index contributed by atoms with van der Waals surface area (Å²) in [6.45, 7) is 5.33. The third-order valence-electron chi connectivity index (χ3n) is 5.20. The summed E-state index contributed by atoms with van der Waals surface area (Å²) in [7, 11) is 0. The lowest BCUT2D eigenvalue weighted by Crippen LogP contribution is -2.48. The second kappa shape index (κ2) is 6.78. The van der Waals surface area contributed by atoms with Crippen molar-refractivity contribution in [1.82, 2.24) is 9.88 Å². The maximum atomic E-state index is 12.9. The summed E-state index contributed by atoms with van der Waals surface area (Å²) in [6, 6.07) is 9.70. The van der Waals surface area contributed by atoms with Crippen molar-refractivity contribution >= 4 is 23.2 Å². The second-order valence-corrected chi connectivity index (χ2v) is 6.75. The summed E-state index contributed by atoms with van der Waals surface area (Å²) >= 11 is 0. The van der Waals surface area contributed by atoms with Crippen molar-refractivity contribution in [3.63, 3.8) is 0 Å². The van der Waals surface area contributed by atoms with Gasteiger partial charge in [-0.25, -0.2) is 0 Å². The Morgan fingerprint density at radius 3 is 2.38 bits per heavy atom. The molecular formula is C20H22N4O2. The predicted molar refractivity (Wildman–Crippen MR) is 101 cm³/mol. The molecule has 0 unspecified atom stereocenters. The smallest absolute Gasteiger partial charge is 0.253 e. The molecule has 4 rings (SSSR count). The lowest BCUT2D eigenvalue weighted by molar-refractivity contribution is -0.116. The molecule has 26 heavy (non-hydrogen) atoms. The number of nitrogens with zero attached hydrogens (tertiary/aromatic N) is 4. The van der Waals surface area contributed by atoms with Gasteiger partial charge in [-0.1, -0.05) is 0 Å². The summed E-state index contributed by atoms with van der Waals surface area (Å²) < 4.78 is 0. The third-order valence-corrected chi connectivity index (χ3v) is 5.20. The molecule has 3 heterocycles. The van der Waals surface area contributed by atoms with Gasteiger partial charge >= 0.3 is 0 Å². The fraction of sp³-hybridized carbons (Fsp3) is 0.350. The van der Waals surface area contributed by atoms with E-state index < -0.39 is 0 Å². The molecule has 2 aliphatic rings. The van der Waals surface area contributed by atoms with E-state index in [-0.39, 0.29) is 11.8 Å². The number of hydrogen-bond acceptors (Lipinski definition) is 4. The zero-order valence-corrected chi connectivity index (χ0v) is 14.9. The zero-order valence-electron chi connectivity index (χ0n) is 14.9. The van der Waals surface area contributed by atoms with Crippen LogP contribution in [0.3, 0.4) is 0 Å². The number of aromatic nitrogens is 1. The van der Waals surface area contributed by atoms with Crippen LogP contribution in [0.1, 0.15) is 22.8 Å². The molecule has 0 aliphatic carbocycles. The van der Waals surface area contributed by atoms with Gasteiger partial charge in [0.25, 0.3) is 5.91 Å². The number of carbonyl (C=O) groups excluding carboxylic acids is 2. The van der Waals surface area contributed by atoms with Gasteiger partial charge in [0, 0.05) is 69.0 Å². The Balaban J connectivity index is 1.44. The number of pyridine rings is 1. The van der Waals surface area contributed by atoms with E-state index in [0.717, 1.165) is 36.4 Å². The van der Waals surface area contributed by atoms with E-state index >= 15 is 0 Å². The second-order valence-electron chi connectivity index (χ2n) is 6.75. The highest BCUT2D eigenvalue weighted by Crippen LogP contribution is 2.29. The van der Waals surface area contributed by atoms with Gasteiger partial charge in [-0.3, -0.25) is 14.6 Å². The number of hydrogen-bond donors (Lipinski definition) is 0. The van der Waals surface area contributed by atoms with Crippen LogP contribution in [0, 0.1) is 0 Å². The third kappa shape index (κ3) is 3.03. The molecule has 1 aromatic carbocycles. The molecule has 134 valence electrons. The number of piperazine rings is 1. The zero-order chi connectivity index (χ0) is 18.1. The van der Waals surface area contributed by atoms with E-state index in [2.05, 4.69) is 9.88 Å². The minimum Gasteiger partial charge on any atom is -0.368 e. The molecule has 6 heteroatoms. The molecule has 0 atom stereocenters. The minimum absolute atomic E-state index is 0.0510. The summed E-state index contributed by atoms with van der Waals surface area (Å²) in [6.07, 6.45) is 4.40. The monoisotopic (exact) mass is 350 g/mol. The SMILES string of the molecule is CC(=O)N1CCc2cc(C(=O)N3CCN(c4ccncc4)CC3)ccc21. The van der Waals surface area contributed by atoms with Crippen LogP contribution in [-0.4, -0.2) is 54.4 Å². The molecule has 1 saturated heterocycles. The van der Waals surface area contributed by atoms with E-state index in [4.69, 9.17) is 0 Å². The van der Waals surface area contributed by atoms with Crippen LogP contribution in [0.5, 0.6) is 0 Å². The van der Waals surface area contributed by atoms with Gasteiger partial charge in [-0.05, 0) is 42.3 Å². The summed E-state index contributed by atoms with van der Waals surface area (Å²) in [5, 5.41) is 0. The van der Waals surface area contributed by atoms with Gasteiger partial charge in [0.05, 0.1) is 0 Å². The fourth-order valence-electron chi connectivity index (χ4n) is 3.77. The molecule has 0 bridgehead atoms. The van der Waals surface area contributed by atoms with Crippen molar-refractivity contribution in [2.75, 3.05) is 42.5 Å². The van der Waals surface area contributed by atoms with Crippen molar-refractivity contribution in [1.29, 1.82) is 0 Å². The highest BCUT2D eigenvalue weighted by atomic mass is 16.2. The topological polar surface area (TPSA) is 56.8 Å². The summed E-state index contributed by atoms with van der Waals surface area (Å²) in [5.41, 5.74) is 3.89. The summed E-state index contributed by atoms with van der Waals surface area (Å²) in [5.74, 6) is 0.124. The van der Waals surface area contributed by atoms with Crippen LogP contribution in [0.2, 0.25) is 0 Å². The molecule has 0 radical (unpaired) electrons. The van der Waals surface area contributed by atoms with E-state index in [1.54, 1.807) is 24.2 Å². The van der Waals surface area contributed by atoms with E-state index in [9.17, 15) is 9.59 Å². The maximum absolute atomic E-state index is 12.9. The van der Waals surface area contributed by atoms with Crippen LogP contribution in [0.4, 0.5) is 11.4 Å². The number of amides is 2. The Hall–Kier alpha value is -2.89. The van der Waals surface area contributed by atoms with Gasteiger partial charge in [-0.15, -0.1) is 0 Å². The number of benzene rings is 1. The van der Waals surface area contributed by atoms with Crippen LogP contribution in [0.25, 0.3) is 0 Å². The number of rotatable bonds is 2. The molecule has 6 nitrogen and oxygen atoms in total. The molecule has 2 aromatic rings. The van der Waals surface area contributed by atoms with Gasteiger partial charge in [0.1, 0.15) is 0 Å². The van der Waals surface area contributed by atoms with Gasteiger partial charge < -0.3 is 14.7 Å². The van der Waals surface area contributed by atoms with Crippen molar-refractivity contribution in [3.8, 4) is 0 Å². The van der Waals surface area contributed by atoms with Gasteiger partial charge in [0.2, 0.25) is 5.91 Å². The average Bonchev–Trinajstić information content (AvgIpc) is 3.12. The van der Waals surface area contributed by atoms with Crippen molar-refractivity contribution in [2.24, 2.45) is 0 Å². The molecule has 2 aliphatic heterocycles. The lowest BCUT2D eigenvalue weighted by Gasteiger charge is -2.36. The number of fused-ring (bicyclic) bond motifs is 1. The van der Waals surface area contributed by atoms with Crippen LogP contribution >= 0.6 is 0 Å². The quantitative estimate of drug-likeness (QED) is 0.831. The molecule has 0 spiro atoms. The molecular weight excluding hydrogens is 328 g/mol. The Labute approximate surface area is 153 Å². The normalized spacial score (nSPS) is 16.6. The fourth-order valence-corrected chi connectivity index (χ4v) is 3.77. The number of anilines is 2. The number of carbonyl (C=O) groups is 2. The van der Waals surface area contributed by atoms with E-state index in [1.807, 2.05) is 35.2 Å². The Bertz CT molecular complexity index is 829. The lowest BCUT2D eigenvalue weighted by atomic mass is 10.1. The first-order valence-corrected chi connectivity index (χ1v) is 8.99. The minimum atomic E-state index is 0.0510. The standard InChI is InChI=1S/C20H22N4O2/c1-15(25)24-9-6-16-14-17(2-3-19(16)24)20(26)23-12-10-22(11-13-23)18-4-7-21-8-5-18/h2-5,7-8,14H,6,9-13H2,1H3. The molecule has 2 amide bonds. The Morgan fingerprint density at radius 1 is 0.962 bits per heavy atom.